The van der Waals surface area contributed by atoms with E-state index in [1.165, 1.54) is 0 Å². The monoisotopic (exact) mass is 591 g/mol. The lowest BCUT2D eigenvalue weighted by molar-refractivity contribution is -0.143. The number of carboxylic acids is 1. The van der Waals surface area contributed by atoms with Crippen LogP contribution in [0.3, 0.4) is 0 Å². The Morgan fingerprint density at radius 3 is 2.77 bits per heavy atom. The van der Waals surface area contributed by atoms with Crippen LogP contribution in [0.25, 0.3) is 0 Å². The number of likely N-dealkylation sites (tertiary alicyclic amines) is 1. The Balaban J connectivity index is 1.48. The van der Waals surface area contributed by atoms with E-state index < -0.39 is 23.8 Å². The molecule has 11 nitrogen and oxygen atoms in total. The first-order valence-electron chi connectivity index (χ1n) is 14.8. The largest absolute Gasteiger partial charge is 0.493 e. The number of unbranched alkanes of at least 4 members (excludes halogenated alkanes) is 1. The number of benzene rings is 2. The van der Waals surface area contributed by atoms with Gasteiger partial charge in [-0.25, -0.2) is 4.98 Å². The van der Waals surface area contributed by atoms with E-state index in [-0.39, 0.29) is 19.2 Å². The molecule has 0 radical (unpaired) electrons. The van der Waals surface area contributed by atoms with Gasteiger partial charge in [-0.2, -0.15) is 0 Å². The minimum Gasteiger partial charge on any atom is -0.493 e. The van der Waals surface area contributed by atoms with Crippen LogP contribution in [0.5, 0.6) is 17.2 Å². The molecule has 3 aromatic rings. The molecule has 1 aromatic heterocycles. The van der Waals surface area contributed by atoms with Crippen molar-refractivity contribution >= 4 is 17.6 Å². The van der Waals surface area contributed by atoms with Crippen molar-refractivity contribution in [1.29, 1.82) is 0 Å². The van der Waals surface area contributed by atoms with Crippen LogP contribution in [0.4, 0.5) is 5.69 Å². The Morgan fingerprint density at radius 1 is 1.23 bits per heavy atom. The summed E-state index contributed by atoms with van der Waals surface area (Å²) in [6.45, 7) is 3.60. The highest BCUT2D eigenvalue weighted by Crippen LogP contribution is 2.47. The Morgan fingerprint density at radius 2 is 2.07 bits per heavy atom. The molecule has 0 bridgehead atoms. The number of ether oxygens (including phenoxy) is 3. The number of methoxy groups -OCH3 is 1. The normalized spacial score (nSPS) is 19.5. The number of carbonyl (C=O) groups excluding carboxylic acids is 1. The number of amides is 1. The molecule has 11 heteroatoms. The van der Waals surface area contributed by atoms with Gasteiger partial charge >= 0.3 is 5.97 Å². The number of hydrogen-bond donors (Lipinski definition) is 2. The van der Waals surface area contributed by atoms with E-state index in [9.17, 15) is 14.7 Å². The first-order chi connectivity index (χ1) is 20.8. The predicted octanol–water partition coefficient (Wildman–Crippen LogP) is 3.55. The molecule has 2 aliphatic rings. The third-order valence-electron chi connectivity index (χ3n) is 8.56. The Labute approximate surface area is 252 Å². The van der Waals surface area contributed by atoms with Crippen LogP contribution in [-0.2, 0) is 29.6 Å². The van der Waals surface area contributed by atoms with Gasteiger partial charge in [-0.3, -0.25) is 14.5 Å². The molecule has 0 saturated carbocycles. The van der Waals surface area contributed by atoms with Crippen LogP contribution in [0, 0.1) is 5.92 Å². The second-order valence-corrected chi connectivity index (χ2v) is 11.2. The van der Waals surface area contributed by atoms with Gasteiger partial charge in [0, 0.05) is 63.1 Å². The lowest BCUT2D eigenvalue weighted by Gasteiger charge is -2.30. The molecule has 230 valence electrons. The van der Waals surface area contributed by atoms with Gasteiger partial charge in [-0.15, -0.1) is 0 Å². The number of aliphatic carboxylic acids is 1. The molecule has 1 fully saturated rings. The summed E-state index contributed by atoms with van der Waals surface area (Å²) in [5, 5.41) is 10.6. The lowest BCUT2D eigenvalue weighted by Crippen LogP contribution is -2.44. The SMILES string of the molecule is CCCCN(C(=O)CN1C[C@H](c2cc(OC)c3c(c2)OCO3)C(C(=O)O)[C@@H]1CCc1nccn1C)c1cccc(CN)c1. The first-order valence-corrected chi connectivity index (χ1v) is 14.8. The number of carboxylic acid groups (broad SMARTS) is 1. The molecule has 0 spiro atoms. The second kappa shape index (κ2) is 13.5. The maximum atomic E-state index is 14.0. The van der Waals surface area contributed by atoms with Crippen molar-refractivity contribution in [2.45, 2.75) is 51.1 Å². The summed E-state index contributed by atoms with van der Waals surface area (Å²) in [6.07, 6.45) is 6.51. The summed E-state index contributed by atoms with van der Waals surface area (Å²) < 4.78 is 18.7. The van der Waals surface area contributed by atoms with E-state index in [1.807, 2.05) is 64.0 Å². The molecule has 43 heavy (non-hydrogen) atoms. The molecule has 1 unspecified atom stereocenters. The zero-order valence-corrected chi connectivity index (χ0v) is 25.1. The highest BCUT2D eigenvalue weighted by molar-refractivity contribution is 5.95. The van der Waals surface area contributed by atoms with Crippen molar-refractivity contribution in [3.63, 3.8) is 0 Å². The summed E-state index contributed by atoms with van der Waals surface area (Å²) >= 11 is 0. The molecule has 2 aliphatic heterocycles. The van der Waals surface area contributed by atoms with Crippen LogP contribution in [-0.4, -0.2) is 71.0 Å². The number of aromatic nitrogens is 2. The van der Waals surface area contributed by atoms with Crippen LogP contribution in [0.2, 0.25) is 0 Å². The van der Waals surface area contributed by atoms with Gasteiger partial charge in [-0.05, 0) is 48.2 Å². The number of imidazole rings is 1. The molecule has 0 aliphatic carbocycles. The van der Waals surface area contributed by atoms with Crippen LogP contribution >= 0.6 is 0 Å². The van der Waals surface area contributed by atoms with E-state index in [0.29, 0.717) is 49.7 Å². The molecule has 3 heterocycles. The Bertz CT molecular complexity index is 1440. The average molecular weight is 592 g/mol. The molecule has 5 rings (SSSR count). The summed E-state index contributed by atoms with van der Waals surface area (Å²) in [5.74, 6) is 0.277. The van der Waals surface area contributed by atoms with Crippen molar-refractivity contribution in [3.8, 4) is 17.2 Å². The molecular formula is C32H41N5O6. The Hall–Kier alpha value is -4.09. The second-order valence-electron chi connectivity index (χ2n) is 11.2. The molecule has 1 saturated heterocycles. The number of rotatable bonds is 13. The fraction of sp³-hybridized carbons (Fsp3) is 0.469. The third-order valence-corrected chi connectivity index (χ3v) is 8.56. The van der Waals surface area contributed by atoms with E-state index in [1.54, 1.807) is 13.3 Å². The van der Waals surface area contributed by atoms with Gasteiger partial charge in [0.15, 0.2) is 11.5 Å². The number of fused-ring (bicyclic) bond motifs is 1. The zero-order valence-electron chi connectivity index (χ0n) is 25.1. The minimum absolute atomic E-state index is 0.0716. The summed E-state index contributed by atoms with van der Waals surface area (Å²) in [7, 11) is 3.48. The van der Waals surface area contributed by atoms with E-state index in [0.717, 1.165) is 35.5 Å². The summed E-state index contributed by atoms with van der Waals surface area (Å²) in [6, 6.07) is 11.0. The van der Waals surface area contributed by atoms with Crippen LogP contribution in [0.1, 0.15) is 49.1 Å². The van der Waals surface area contributed by atoms with Crippen LogP contribution < -0.4 is 24.8 Å². The molecule has 3 N–H and O–H groups in total. The quantitative estimate of drug-likeness (QED) is 0.306. The van der Waals surface area contributed by atoms with E-state index in [4.69, 9.17) is 19.9 Å². The number of nitrogens with zero attached hydrogens (tertiary/aromatic N) is 4. The van der Waals surface area contributed by atoms with Gasteiger partial charge in [0.1, 0.15) is 5.82 Å². The van der Waals surface area contributed by atoms with Crippen LogP contribution in [0.15, 0.2) is 48.8 Å². The van der Waals surface area contributed by atoms with Crippen molar-refractivity contribution in [1.82, 2.24) is 14.5 Å². The molecular weight excluding hydrogens is 550 g/mol. The van der Waals surface area contributed by atoms with Gasteiger partial charge in [-0.1, -0.05) is 25.5 Å². The van der Waals surface area contributed by atoms with Gasteiger partial charge in [0.25, 0.3) is 0 Å². The smallest absolute Gasteiger partial charge is 0.308 e. The van der Waals surface area contributed by atoms with Gasteiger partial charge < -0.3 is 34.5 Å². The van der Waals surface area contributed by atoms with E-state index >= 15 is 0 Å². The maximum absolute atomic E-state index is 14.0. The van der Waals surface area contributed by atoms with E-state index in [2.05, 4.69) is 11.9 Å². The van der Waals surface area contributed by atoms with Crippen molar-refractivity contribution in [3.05, 3.63) is 65.7 Å². The Kier molecular flexibility index (Phi) is 9.52. The summed E-state index contributed by atoms with van der Waals surface area (Å²) in [4.78, 5) is 35.3. The van der Waals surface area contributed by atoms with Gasteiger partial charge in [0.05, 0.1) is 19.6 Å². The standard InChI is InChI=1S/C32H41N5O6/c1-4-5-12-37(23-8-6-7-21(14-23)17-33)29(38)19-36-18-24(22-15-26(41-3)31-27(16-22)42-20-43-31)30(32(39)40)25(36)9-10-28-34-11-13-35(28)2/h6-8,11,13-16,24-25,30H,4-5,9-10,12,17-20,33H2,1-3H3,(H,39,40)/t24-,25+,30?/m1/s1. The first kappa shape index (κ1) is 30.4. The fourth-order valence-electron chi connectivity index (χ4n) is 6.29. The number of nitrogens with two attached hydrogens (primary N) is 1. The van der Waals surface area contributed by atoms with Crippen molar-refractivity contribution in [2.75, 3.05) is 38.4 Å². The van der Waals surface area contributed by atoms with Gasteiger partial charge in [0.2, 0.25) is 18.4 Å². The number of hydrogen-bond acceptors (Lipinski definition) is 8. The maximum Gasteiger partial charge on any atom is 0.308 e. The van der Waals surface area contributed by atoms with Crippen molar-refractivity contribution < 1.29 is 28.9 Å². The highest BCUT2D eigenvalue weighted by Gasteiger charge is 2.47. The zero-order chi connectivity index (χ0) is 30.5. The topological polar surface area (TPSA) is 132 Å². The molecule has 1 amide bonds. The van der Waals surface area contributed by atoms with Crippen molar-refractivity contribution in [2.24, 2.45) is 18.7 Å². The molecule has 3 atom stereocenters. The number of carbonyl (C=O) groups is 2. The predicted molar refractivity (Wildman–Crippen MR) is 161 cm³/mol. The number of aryl methyl sites for hydroxylation is 2. The highest BCUT2D eigenvalue weighted by atomic mass is 16.7. The third kappa shape index (κ3) is 6.47. The summed E-state index contributed by atoms with van der Waals surface area (Å²) in [5.41, 5.74) is 8.43. The fourth-order valence-corrected chi connectivity index (χ4v) is 6.29. The molecule has 2 aromatic carbocycles. The average Bonchev–Trinajstić information content (AvgIpc) is 3.74. The minimum atomic E-state index is -0.903. The number of anilines is 1. The lowest BCUT2D eigenvalue weighted by atomic mass is 9.83.